The van der Waals surface area contributed by atoms with E-state index >= 15 is 0 Å². The predicted molar refractivity (Wildman–Crippen MR) is 138 cm³/mol. The number of amides is 2. The largest absolute Gasteiger partial charge is 0.461 e. The van der Waals surface area contributed by atoms with Crippen molar-refractivity contribution in [3.63, 3.8) is 0 Å². The molecule has 0 bridgehead atoms. The van der Waals surface area contributed by atoms with Crippen LogP contribution in [0.25, 0.3) is 0 Å². The SMILES string of the molecule is CC(C)(C)OC(=O)N[C@@H](Cc1ccccc1)C(=O)Nc1ccc(CC(=O)OCc2ccccc2)cc1. The van der Waals surface area contributed by atoms with Gasteiger partial charge in [-0.1, -0.05) is 72.8 Å². The molecule has 0 aliphatic rings. The van der Waals surface area contributed by atoms with Crippen LogP contribution in [-0.4, -0.2) is 29.6 Å². The Morgan fingerprint density at radius 2 is 1.36 bits per heavy atom. The molecule has 0 aromatic heterocycles. The Hall–Kier alpha value is -4.13. The molecule has 0 aliphatic carbocycles. The third-order valence-electron chi connectivity index (χ3n) is 5.10. The molecular weight excluding hydrogens is 456 g/mol. The van der Waals surface area contributed by atoms with E-state index in [1.807, 2.05) is 60.7 Å². The highest BCUT2D eigenvalue weighted by Crippen LogP contribution is 2.14. The molecule has 7 heteroatoms. The van der Waals surface area contributed by atoms with Gasteiger partial charge in [0.25, 0.3) is 0 Å². The van der Waals surface area contributed by atoms with Gasteiger partial charge in [-0.05, 0) is 49.6 Å². The van der Waals surface area contributed by atoms with Crippen LogP contribution in [0.2, 0.25) is 0 Å². The third kappa shape index (κ3) is 9.25. The molecule has 2 amide bonds. The van der Waals surface area contributed by atoms with Crippen molar-refractivity contribution in [2.24, 2.45) is 0 Å². The predicted octanol–water partition coefficient (Wildman–Crippen LogP) is 5.05. The summed E-state index contributed by atoms with van der Waals surface area (Å²) in [7, 11) is 0. The second-order valence-corrected chi connectivity index (χ2v) is 9.40. The minimum atomic E-state index is -0.838. The van der Waals surface area contributed by atoms with E-state index in [1.165, 1.54) is 0 Å². The monoisotopic (exact) mass is 488 g/mol. The number of nitrogens with one attached hydrogen (secondary N) is 2. The van der Waals surface area contributed by atoms with Gasteiger partial charge in [0, 0.05) is 12.1 Å². The first-order valence-corrected chi connectivity index (χ1v) is 11.8. The topological polar surface area (TPSA) is 93.7 Å². The van der Waals surface area contributed by atoms with Crippen LogP contribution >= 0.6 is 0 Å². The highest BCUT2D eigenvalue weighted by Gasteiger charge is 2.25. The van der Waals surface area contributed by atoms with Crippen molar-refractivity contribution >= 4 is 23.7 Å². The van der Waals surface area contributed by atoms with Gasteiger partial charge in [0.2, 0.25) is 5.91 Å². The number of benzene rings is 3. The number of alkyl carbamates (subject to hydrolysis) is 1. The molecule has 2 N–H and O–H groups in total. The van der Waals surface area contributed by atoms with Crippen LogP contribution in [0.5, 0.6) is 0 Å². The van der Waals surface area contributed by atoms with Gasteiger partial charge in [-0.2, -0.15) is 0 Å². The molecule has 0 radical (unpaired) electrons. The summed E-state index contributed by atoms with van der Waals surface area (Å²) >= 11 is 0. The van der Waals surface area contributed by atoms with E-state index in [4.69, 9.17) is 9.47 Å². The summed E-state index contributed by atoms with van der Waals surface area (Å²) in [5.41, 5.74) is 2.45. The fourth-order valence-electron chi connectivity index (χ4n) is 3.40. The van der Waals surface area contributed by atoms with E-state index in [0.29, 0.717) is 12.1 Å². The minimum Gasteiger partial charge on any atom is -0.461 e. The van der Waals surface area contributed by atoms with E-state index < -0.39 is 17.7 Å². The molecule has 188 valence electrons. The van der Waals surface area contributed by atoms with Crippen molar-refractivity contribution < 1.29 is 23.9 Å². The number of ether oxygens (including phenoxy) is 2. The Morgan fingerprint density at radius 1 is 0.778 bits per heavy atom. The lowest BCUT2D eigenvalue weighted by molar-refractivity contribution is -0.144. The van der Waals surface area contributed by atoms with E-state index in [1.54, 1.807) is 45.0 Å². The van der Waals surface area contributed by atoms with Crippen LogP contribution in [0, 0.1) is 0 Å². The molecule has 1 atom stereocenters. The summed E-state index contributed by atoms with van der Waals surface area (Å²) in [4.78, 5) is 37.6. The van der Waals surface area contributed by atoms with Gasteiger partial charge in [-0.25, -0.2) is 4.79 Å². The van der Waals surface area contributed by atoms with Gasteiger partial charge in [0.15, 0.2) is 0 Å². The molecule has 0 heterocycles. The van der Waals surface area contributed by atoms with Crippen molar-refractivity contribution in [2.45, 2.75) is 51.9 Å². The van der Waals surface area contributed by atoms with Crippen molar-refractivity contribution in [2.75, 3.05) is 5.32 Å². The summed E-state index contributed by atoms with van der Waals surface area (Å²) in [6, 6.07) is 25.0. The lowest BCUT2D eigenvalue weighted by atomic mass is 10.1. The fraction of sp³-hybridized carbons (Fsp3) is 0.276. The summed E-state index contributed by atoms with van der Waals surface area (Å²) < 4.78 is 10.7. The maximum Gasteiger partial charge on any atom is 0.408 e. The first-order valence-electron chi connectivity index (χ1n) is 11.8. The minimum absolute atomic E-state index is 0.123. The molecule has 0 fully saturated rings. The Kier molecular flexibility index (Phi) is 9.22. The van der Waals surface area contributed by atoms with Crippen LogP contribution in [-0.2, 0) is 38.5 Å². The molecule has 3 rings (SSSR count). The Bertz CT molecular complexity index is 1140. The maximum atomic E-state index is 13.0. The molecule has 7 nitrogen and oxygen atoms in total. The van der Waals surface area contributed by atoms with Crippen LogP contribution in [0.15, 0.2) is 84.9 Å². The summed E-state index contributed by atoms with van der Waals surface area (Å²) in [6.45, 7) is 5.51. The molecule has 0 spiro atoms. The highest BCUT2D eigenvalue weighted by molar-refractivity contribution is 5.96. The normalized spacial score (nSPS) is 11.8. The van der Waals surface area contributed by atoms with Gasteiger partial charge in [0.05, 0.1) is 6.42 Å². The summed E-state index contributed by atoms with van der Waals surface area (Å²) in [5, 5.41) is 5.50. The Balaban J connectivity index is 1.58. The molecule has 36 heavy (non-hydrogen) atoms. The fourth-order valence-corrected chi connectivity index (χ4v) is 3.40. The van der Waals surface area contributed by atoms with Gasteiger partial charge in [0.1, 0.15) is 18.2 Å². The lowest BCUT2D eigenvalue weighted by Crippen LogP contribution is -2.47. The van der Waals surface area contributed by atoms with Crippen LogP contribution in [0.4, 0.5) is 10.5 Å². The van der Waals surface area contributed by atoms with Crippen molar-refractivity contribution in [1.82, 2.24) is 5.32 Å². The summed E-state index contributed by atoms with van der Waals surface area (Å²) in [6.07, 6.45) is -0.238. The number of hydrogen-bond donors (Lipinski definition) is 2. The Labute approximate surface area is 211 Å². The van der Waals surface area contributed by atoms with Crippen molar-refractivity contribution in [3.05, 3.63) is 102 Å². The van der Waals surface area contributed by atoms with Crippen molar-refractivity contribution in [1.29, 1.82) is 0 Å². The second kappa shape index (κ2) is 12.5. The number of carbonyl (C=O) groups is 3. The number of anilines is 1. The molecule has 0 aliphatic heterocycles. The second-order valence-electron chi connectivity index (χ2n) is 9.40. The highest BCUT2D eigenvalue weighted by atomic mass is 16.6. The molecule has 3 aromatic rings. The van der Waals surface area contributed by atoms with Crippen LogP contribution in [0.1, 0.15) is 37.5 Å². The molecular formula is C29H32N2O5. The zero-order chi connectivity index (χ0) is 26.0. The average Bonchev–Trinajstić information content (AvgIpc) is 2.84. The van der Waals surface area contributed by atoms with Gasteiger partial charge in [-0.15, -0.1) is 0 Å². The molecule has 0 saturated heterocycles. The smallest absolute Gasteiger partial charge is 0.408 e. The van der Waals surface area contributed by atoms with E-state index in [-0.39, 0.29) is 24.9 Å². The Morgan fingerprint density at radius 3 is 1.94 bits per heavy atom. The van der Waals surface area contributed by atoms with E-state index in [2.05, 4.69) is 10.6 Å². The maximum absolute atomic E-state index is 13.0. The van der Waals surface area contributed by atoms with Gasteiger partial charge < -0.3 is 20.1 Å². The first-order chi connectivity index (χ1) is 17.2. The third-order valence-corrected chi connectivity index (χ3v) is 5.10. The van der Waals surface area contributed by atoms with E-state index in [9.17, 15) is 14.4 Å². The quantitative estimate of drug-likeness (QED) is 0.411. The average molecular weight is 489 g/mol. The zero-order valence-corrected chi connectivity index (χ0v) is 20.8. The van der Waals surface area contributed by atoms with Gasteiger partial charge in [-0.3, -0.25) is 9.59 Å². The molecule has 0 unspecified atom stereocenters. The van der Waals surface area contributed by atoms with Gasteiger partial charge >= 0.3 is 12.1 Å². The number of esters is 1. The molecule has 0 saturated carbocycles. The standard InChI is InChI=1S/C29H32N2O5/c1-29(2,3)36-28(34)31-25(18-21-10-6-4-7-11-21)27(33)30-24-16-14-22(15-17-24)19-26(32)35-20-23-12-8-5-9-13-23/h4-17,25H,18-20H2,1-3H3,(H,30,33)(H,31,34)/t25-/m0/s1. The number of carbonyl (C=O) groups excluding carboxylic acids is 3. The van der Waals surface area contributed by atoms with Crippen LogP contribution in [0.3, 0.4) is 0 Å². The summed E-state index contributed by atoms with van der Waals surface area (Å²) in [5.74, 6) is -0.708. The zero-order valence-electron chi connectivity index (χ0n) is 20.8. The number of rotatable bonds is 9. The van der Waals surface area contributed by atoms with Crippen LogP contribution < -0.4 is 10.6 Å². The van der Waals surface area contributed by atoms with E-state index in [0.717, 1.165) is 16.7 Å². The molecule has 3 aromatic carbocycles. The number of hydrogen-bond acceptors (Lipinski definition) is 5. The first kappa shape index (κ1) is 26.5. The lowest BCUT2D eigenvalue weighted by Gasteiger charge is -2.23. The van der Waals surface area contributed by atoms with Crippen molar-refractivity contribution in [3.8, 4) is 0 Å².